The van der Waals surface area contributed by atoms with E-state index in [2.05, 4.69) is 10.6 Å². The van der Waals surface area contributed by atoms with E-state index in [4.69, 9.17) is 9.15 Å². The lowest BCUT2D eigenvalue weighted by molar-refractivity contribution is -0.118. The summed E-state index contributed by atoms with van der Waals surface area (Å²) in [7, 11) is 0. The van der Waals surface area contributed by atoms with Crippen molar-refractivity contribution in [2.45, 2.75) is 6.04 Å². The number of rotatable bonds is 4. The van der Waals surface area contributed by atoms with E-state index < -0.39 is 6.04 Å². The van der Waals surface area contributed by atoms with Crippen molar-refractivity contribution in [1.82, 2.24) is 5.32 Å². The lowest BCUT2D eigenvalue weighted by atomic mass is 10.0. The Morgan fingerprint density at radius 3 is 2.60 bits per heavy atom. The first-order valence-electron chi connectivity index (χ1n) is 9.58. The Hall–Kier alpha value is -4.06. The third kappa shape index (κ3) is 3.39. The molecule has 0 aliphatic carbocycles. The van der Waals surface area contributed by atoms with Crippen LogP contribution in [-0.2, 0) is 4.79 Å². The first-order chi connectivity index (χ1) is 14.7. The molecular weight excluding hydrogens is 380 g/mol. The second kappa shape index (κ2) is 7.40. The van der Waals surface area contributed by atoms with Crippen molar-refractivity contribution >= 4 is 28.5 Å². The van der Waals surface area contributed by atoms with Gasteiger partial charge in [0, 0.05) is 10.9 Å². The van der Waals surface area contributed by atoms with Gasteiger partial charge in [-0.05, 0) is 35.9 Å². The van der Waals surface area contributed by atoms with Gasteiger partial charge in [-0.3, -0.25) is 9.59 Å². The summed E-state index contributed by atoms with van der Waals surface area (Å²) >= 11 is 0. The number of hydrogen-bond donors (Lipinski definition) is 2. The van der Waals surface area contributed by atoms with Crippen molar-refractivity contribution in [1.29, 1.82) is 0 Å². The number of fused-ring (bicyclic) bond motifs is 2. The number of anilines is 1. The Balaban J connectivity index is 1.48. The zero-order valence-electron chi connectivity index (χ0n) is 15.9. The van der Waals surface area contributed by atoms with E-state index in [0.717, 1.165) is 16.5 Å². The Bertz CT molecular complexity index is 1210. The highest BCUT2D eigenvalue weighted by Crippen LogP contribution is 2.31. The minimum absolute atomic E-state index is 0.0658. The topological polar surface area (TPSA) is 80.6 Å². The first-order valence-corrected chi connectivity index (χ1v) is 9.58. The molecule has 0 fully saturated rings. The van der Waals surface area contributed by atoms with Gasteiger partial charge in [-0.2, -0.15) is 0 Å². The Labute approximate surface area is 172 Å². The second-order valence-electron chi connectivity index (χ2n) is 7.05. The zero-order valence-corrected chi connectivity index (χ0v) is 15.9. The van der Waals surface area contributed by atoms with Crippen molar-refractivity contribution < 1.29 is 18.7 Å². The number of nitrogens with one attached hydrogen (secondary N) is 2. The quantitative estimate of drug-likeness (QED) is 0.538. The average Bonchev–Trinajstić information content (AvgIpc) is 3.21. The van der Waals surface area contributed by atoms with E-state index in [1.165, 1.54) is 0 Å². The molecule has 2 amide bonds. The summed E-state index contributed by atoms with van der Waals surface area (Å²) in [6.07, 6.45) is 0. The maximum absolute atomic E-state index is 13.1. The highest BCUT2D eigenvalue weighted by Gasteiger charge is 2.23. The smallest absolute Gasteiger partial charge is 0.262 e. The molecule has 1 aromatic heterocycles. The molecule has 0 saturated carbocycles. The van der Waals surface area contributed by atoms with E-state index in [9.17, 15) is 9.59 Å². The van der Waals surface area contributed by atoms with Gasteiger partial charge >= 0.3 is 0 Å². The molecule has 1 aliphatic heterocycles. The predicted octanol–water partition coefficient (Wildman–Crippen LogP) is 4.28. The molecule has 148 valence electrons. The maximum Gasteiger partial charge on any atom is 0.262 e. The number of amides is 2. The monoisotopic (exact) mass is 398 g/mol. The molecule has 1 atom stereocenters. The Morgan fingerprint density at radius 1 is 0.967 bits per heavy atom. The lowest BCUT2D eigenvalue weighted by Crippen LogP contribution is -2.30. The molecule has 5 rings (SSSR count). The summed E-state index contributed by atoms with van der Waals surface area (Å²) in [5.74, 6) is 0.640. The van der Waals surface area contributed by atoms with Gasteiger partial charge in [-0.25, -0.2) is 0 Å². The fourth-order valence-electron chi connectivity index (χ4n) is 3.54. The van der Waals surface area contributed by atoms with Gasteiger partial charge in [0.25, 0.3) is 11.8 Å². The molecule has 0 saturated heterocycles. The number of furan rings is 1. The van der Waals surface area contributed by atoms with Crippen molar-refractivity contribution in [2.24, 2.45) is 0 Å². The van der Waals surface area contributed by atoms with Gasteiger partial charge in [0.05, 0.1) is 5.69 Å². The summed E-state index contributed by atoms with van der Waals surface area (Å²) < 4.78 is 11.5. The molecule has 6 heteroatoms. The largest absolute Gasteiger partial charge is 0.482 e. The fraction of sp³-hybridized carbons (Fsp3) is 0.0833. The van der Waals surface area contributed by atoms with Gasteiger partial charge in [0.1, 0.15) is 23.1 Å². The fourth-order valence-corrected chi connectivity index (χ4v) is 3.54. The van der Waals surface area contributed by atoms with Crippen LogP contribution in [0.25, 0.3) is 11.0 Å². The SMILES string of the molecule is O=C1COc2cc(C(=O)NC(c3ccccc3)c3cc4ccccc4o3)ccc2N1. The van der Waals surface area contributed by atoms with Crippen molar-refractivity contribution in [3.8, 4) is 5.75 Å². The van der Waals surface area contributed by atoms with Crippen LogP contribution in [0.3, 0.4) is 0 Å². The predicted molar refractivity (Wildman–Crippen MR) is 113 cm³/mol. The number of hydrogen-bond acceptors (Lipinski definition) is 4. The summed E-state index contributed by atoms with van der Waals surface area (Å²) in [6, 6.07) is 23.8. The van der Waals surface area contributed by atoms with Crippen LogP contribution in [0.15, 0.2) is 83.3 Å². The number of benzene rings is 3. The van der Waals surface area contributed by atoms with Crippen LogP contribution < -0.4 is 15.4 Å². The molecule has 3 aromatic carbocycles. The van der Waals surface area contributed by atoms with Crippen LogP contribution in [0, 0.1) is 0 Å². The molecule has 1 aliphatic rings. The van der Waals surface area contributed by atoms with E-state index in [-0.39, 0.29) is 18.4 Å². The molecule has 0 spiro atoms. The van der Waals surface area contributed by atoms with Gasteiger partial charge in [-0.15, -0.1) is 0 Å². The molecule has 4 aromatic rings. The molecule has 2 heterocycles. The summed E-state index contributed by atoms with van der Waals surface area (Å²) in [6.45, 7) is -0.0658. The molecule has 0 bridgehead atoms. The molecule has 0 radical (unpaired) electrons. The van der Waals surface area contributed by atoms with Crippen molar-refractivity contribution in [3.63, 3.8) is 0 Å². The minimum Gasteiger partial charge on any atom is -0.482 e. The van der Waals surface area contributed by atoms with Crippen molar-refractivity contribution in [3.05, 3.63) is 95.7 Å². The number of para-hydroxylation sites is 1. The standard InChI is InChI=1S/C24H18N2O4/c27-22-14-29-20-13-17(10-11-18(20)25-22)24(28)26-23(15-6-2-1-3-7-15)21-12-16-8-4-5-9-19(16)30-21/h1-13,23H,14H2,(H,25,27)(H,26,28). The van der Waals surface area contributed by atoms with Crippen LogP contribution in [0.4, 0.5) is 5.69 Å². The molecular formula is C24H18N2O4. The van der Waals surface area contributed by atoms with Crippen LogP contribution in [0.2, 0.25) is 0 Å². The van der Waals surface area contributed by atoms with Crippen LogP contribution in [0.5, 0.6) is 5.75 Å². The first kappa shape index (κ1) is 18.0. The summed E-state index contributed by atoms with van der Waals surface area (Å²) in [5.41, 5.74) is 2.66. The van der Waals surface area contributed by atoms with Gasteiger partial charge < -0.3 is 19.8 Å². The Kier molecular flexibility index (Phi) is 4.44. The van der Waals surface area contributed by atoms with Crippen LogP contribution in [0.1, 0.15) is 27.7 Å². The third-order valence-electron chi connectivity index (χ3n) is 5.01. The highest BCUT2D eigenvalue weighted by atomic mass is 16.5. The zero-order chi connectivity index (χ0) is 20.5. The normalized spacial score (nSPS) is 13.8. The minimum atomic E-state index is -0.456. The van der Waals surface area contributed by atoms with Crippen molar-refractivity contribution in [2.75, 3.05) is 11.9 Å². The number of carbonyl (C=O) groups excluding carboxylic acids is 2. The molecule has 2 N–H and O–H groups in total. The van der Waals surface area contributed by atoms with E-state index in [1.807, 2.05) is 60.7 Å². The molecule has 1 unspecified atom stereocenters. The maximum atomic E-state index is 13.1. The second-order valence-corrected chi connectivity index (χ2v) is 7.05. The molecule has 6 nitrogen and oxygen atoms in total. The van der Waals surface area contributed by atoms with E-state index in [1.54, 1.807) is 18.2 Å². The van der Waals surface area contributed by atoms with Gasteiger partial charge in [0.2, 0.25) is 0 Å². The van der Waals surface area contributed by atoms with Gasteiger partial charge in [0.15, 0.2) is 6.61 Å². The number of carbonyl (C=O) groups is 2. The van der Waals surface area contributed by atoms with Crippen LogP contribution >= 0.6 is 0 Å². The summed E-state index contributed by atoms with van der Waals surface area (Å²) in [4.78, 5) is 24.5. The number of ether oxygens (including phenoxy) is 1. The van der Waals surface area contributed by atoms with E-state index >= 15 is 0 Å². The Morgan fingerprint density at radius 2 is 1.77 bits per heavy atom. The highest BCUT2D eigenvalue weighted by molar-refractivity contribution is 5.99. The molecule has 30 heavy (non-hydrogen) atoms. The van der Waals surface area contributed by atoms with E-state index in [0.29, 0.717) is 22.8 Å². The average molecular weight is 398 g/mol. The summed E-state index contributed by atoms with van der Waals surface area (Å²) in [5, 5.41) is 6.76. The third-order valence-corrected chi connectivity index (χ3v) is 5.01. The van der Waals surface area contributed by atoms with Crippen LogP contribution in [-0.4, -0.2) is 18.4 Å². The van der Waals surface area contributed by atoms with Gasteiger partial charge in [-0.1, -0.05) is 48.5 Å². The lowest BCUT2D eigenvalue weighted by Gasteiger charge is -2.20.